The lowest BCUT2D eigenvalue weighted by Gasteiger charge is -2.13. The first-order valence-corrected chi connectivity index (χ1v) is 4.89. The number of hydrogen-bond donors (Lipinski definition) is 0. The van der Waals surface area contributed by atoms with E-state index < -0.39 is 0 Å². The molecule has 0 fully saturated rings. The van der Waals surface area contributed by atoms with Crippen molar-refractivity contribution in [3.63, 3.8) is 0 Å². The van der Waals surface area contributed by atoms with Gasteiger partial charge in [-0.25, -0.2) is 4.98 Å². The third kappa shape index (κ3) is 1.30. The van der Waals surface area contributed by atoms with Gasteiger partial charge < -0.3 is 4.90 Å². The zero-order valence-corrected chi connectivity index (χ0v) is 8.54. The molecular formula is C11H16N2. The van der Waals surface area contributed by atoms with Crippen LogP contribution in [0.1, 0.15) is 30.9 Å². The van der Waals surface area contributed by atoms with E-state index in [1.54, 1.807) is 0 Å². The summed E-state index contributed by atoms with van der Waals surface area (Å²) in [6, 6.07) is 2.16. The molecule has 0 amide bonds. The van der Waals surface area contributed by atoms with Crippen LogP contribution in [0, 0.1) is 0 Å². The van der Waals surface area contributed by atoms with Crippen molar-refractivity contribution in [2.45, 2.75) is 26.2 Å². The van der Waals surface area contributed by atoms with Gasteiger partial charge in [0.15, 0.2) is 0 Å². The second kappa shape index (κ2) is 3.02. The molecule has 0 saturated heterocycles. The Morgan fingerprint density at radius 2 is 2.23 bits per heavy atom. The van der Waals surface area contributed by atoms with Crippen LogP contribution in [0.4, 0.5) is 5.82 Å². The van der Waals surface area contributed by atoms with Crippen molar-refractivity contribution in [2.75, 3.05) is 18.5 Å². The van der Waals surface area contributed by atoms with Gasteiger partial charge in [0.2, 0.25) is 0 Å². The molecule has 1 aromatic heterocycles. The van der Waals surface area contributed by atoms with E-state index in [4.69, 9.17) is 0 Å². The summed E-state index contributed by atoms with van der Waals surface area (Å²) in [4.78, 5) is 6.65. The highest BCUT2D eigenvalue weighted by Crippen LogP contribution is 2.30. The van der Waals surface area contributed by atoms with E-state index in [2.05, 4.69) is 36.8 Å². The summed E-state index contributed by atoms with van der Waals surface area (Å²) in [5.41, 5.74) is 2.93. The summed E-state index contributed by atoms with van der Waals surface area (Å²) in [7, 11) is 2.11. The Morgan fingerprint density at radius 3 is 2.92 bits per heavy atom. The number of fused-ring (bicyclic) bond motifs is 1. The molecule has 1 aliphatic rings. The fourth-order valence-electron chi connectivity index (χ4n) is 2.01. The quantitative estimate of drug-likeness (QED) is 0.652. The summed E-state index contributed by atoms with van der Waals surface area (Å²) in [6.07, 6.45) is 3.09. The molecule has 0 unspecified atom stereocenters. The molecule has 0 aromatic carbocycles. The number of hydrogen-bond acceptors (Lipinski definition) is 2. The van der Waals surface area contributed by atoms with Gasteiger partial charge in [-0.15, -0.1) is 0 Å². The number of pyridine rings is 1. The van der Waals surface area contributed by atoms with Gasteiger partial charge in [-0.2, -0.15) is 0 Å². The minimum atomic E-state index is 0.614. The second-order valence-corrected chi connectivity index (χ2v) is 4.03. The first-order chi connectivity index (χ1) is 6.20. The van der Waals surface area contributed by atoms with Crippen molar-refractivity contribution in [3.8, 4) is 0 Å². The van der Waals surface area contributed by atoms with Crippen molar-refractivity contribution in [2.24, 2.45) is 0 Å². The predicted molar refractivity (Wildman–Crippen MR) is 55.3 cm³/mol. The Bertz CT molecular complexity index is 318. The fourth-order valence-corrected chi connectivity index (χ4v) is 2.01. The van der Waals surface area contributed by atoms with Gasteiger partial charge in [0.25, 0.3) is 0 Å². The van der Waals surface area contributed by atoms with Gasteiger partial charge in [0.05, 0.1) is 0 Å². The Balaban J connectivity index is 2.51. The van der Waals surface area contributed by atoms with E-state index in [9.17, 15) is 0 Å². The number of aromatic nitrogens is 1. The van der Waals surface area contributed by atoms with Crippen LogP contribution in [-0.2, 0) is 6.42 Å². The Morgan fingerprint density at radius 1 is 1.46 bits per heavy atom. The molecule has 0 N–H and O–H groups in total. The Labute approximate surface area is 79.6 Å². The molecule has 1 aromatic rings. The summed E-state index contributed by atoms with van der Waals surface area (Å²) >= 11 is 0. The van der Waals surface area contributed by atoms with Gasteiger partial charge in [0, 0.05) is 19.8 Å². The van der Waals surface area contributed by atoms with Crippen LogP contribution in [0.15, 0.2) is 12.3 Å². The Kier molecular flexibility index (Phi) is 1.98. The van der Waals surface area contributed by atoms with Crippen molar-refractivity contribution < 1.29 is 0 Å². The molecule has 0 bridgehead atoms. The maximum Gasteiger partial charge on any atom is 0.131 e. The summed E-state index contributed by atoms with van der Waals surface area (Å²) < 4.78 is 0. The average molecular weight is 176 g/mol. The van der Waals surface area contributed by atoms with E-state index in [0.717, 1.165) is 13.0 Å². The van der Waals surface area contributed by atoms with E-state index in [0.29, 0.717) is 5.92 Å². The van der Waals surface area contributed by atoms with Crippen LogP contribution < -0.4 is 4.90 Å². The molecule has 2 heteroatoms. The lowest BCUT2D eigenvalue weighted by molar-refractivity contribution is 0.845. The molecule has 0 spiro atoms. The summed E-state index contributed by atoms with van der Waals surface area (Å²) in [6.45, 7) is 5.61. The first kappa shape index (κ1) is 8.54. The first-order valence-electron chi connectivity index (χ1n) is 4.89. The summed E-state index contributed by atoms with van der Waals surface area (Å²) in [5.74, 6) is 1.80. The SMILES string of the molecule is CC(C)c1ccnc2c1CCN2C. The number of anilines is 1. The molecular weight excluding hydrogens is 160 g/mol. The normalized spacial score (nSPS) is 15.2. The van der Waals surface area contributed by atoms with Crippen LogP contribution in [0.5, 0.6) is 0 Å². The number of rotatable bonds is 1. The van der Waals surface area contributed by atoms with Gasteiger partial charge in [-0.1, -0.05) is 13.8 Å². The maximum atomic E-state index is 4.41. The molecule has 13 heavy (non-hydrogen) atoms. The average Bonchev–Trinajstić information content (AvgIpc) is 2.48. The second-order valence-electron chi connectivity index (χ2n) is 4.03. The molecule has 70 valence electrons. The van der Waals surface area contributed by atoms with E-state index in [1.807, 2.05) is 6.20 Å². The maximum absolute atomic E-state index is 4.41. The van der Waals surface area contributed by atoms with Crippen molar-refractivity contribution >= 4 is 5.82 Å². The largest absolute Gasteiger partial charge is 0.359 e. The highest BCUT2D eigenvalue weighted by atomic mass is 15.2. The third-order valence-corrected chi connectivity index (χ3v) is 2.75. The zero-order chi connectivity index (χ0) is 9.42. The lowest BCUT2D eigenvalue weighted by atomic mass is 9.98. The van der Waals surface area contributed by atoms with E-state index >= 15 is 0 Å². The van der Waals surface area contributed by atoms with E-state index in [1.165, 1.54) is 16.9 Å². The number of likely N-dealkylation sites (N-methyl/N-ethyl adjacent to an activating group) is 1. The minimum Gasteiger partial charge on any atom is -0.359 e. The van der Waals surface area contributed by atoms with Crippen molar-refractivity contribution in [3.05, 3.63) is 23.4 Å². The van der Waals surface area contributed by atoms with Gasteiger partial charge in [-0.05, 0) is 29.5 Å². The van der Waals surface area contributed by atoms with Gasteiger partial charge in [0.1, 0.15) is 5.82 Å². The summed E-state index contributed by atoms with van der Waals surface area (Å²) in [5, 5.41) is 0. The fraction of sp³-hybridized carbons (Fsp3) is 0.545. The van der Waals surface area contributed by atoms with Crippen LogP contribution in [0.2, 0.25) is 0 Å². The highest BCUT2D eigenvalue weighted by molar-refractivity contribution is 5.55. The third-order valence-electron chi connectivity index (χ3n) is 2.75. The number of nitrogens with zero attached hydrogens (tertiary/aromatic N) is 2. The van der Waals surface area contributed by atoms with Crippen LogP contribution >= 0.6 is 0 Å². The molecule has 2 nitrogen and oxygen atoms in total. The van der Waals surface area contributed by atoms with Gasteiger partial charge >= 0.3 is 0 Å². The molecule has 0 aliphatic carbocycles. The lowest BCUT2D eigenvalue weighted by Crippen LogP contribution is -2.13. The molecule has 1 aliphatic heterocycles. The molecule has 0 atom stereocenters. The highest BCUT2D eigenvalue weighted by Gasteiger charge is 2.20. The zero-order valence-electron chi connectivity index (χ0n) is 8.54. The minimum absolute atomic E-state index is 0.614. The van der Waals surface area contributed by atoms with Crippen molar-refractivity contribution in [1.29, 1.82) is 0 Å². The van der Waals surface area contributed by atoms with Gasteiger partial charge in [-0.3, -0.25) is 0 Å². The monoisotopic (exact) mass is 176 g/mol. The Hall–Kier alpha value is -1.05. The smallest absolute Gasteiger partial charge is 0.131 e. The van der Waals surface area contributed by atoms with Crippen molar-refractivity contribution in [1.82, 2.24) is 4.98 Å². The van der Waals surface area contributed by atoms with Crippen LogP contribution in [0.3, 0.4) is 0 Å². The topological polar surface area (TPSA) is 16.1 Å². The molecule has 0 radical (unpaired) electrons. The molecule has 2 heterocycles. The van der Waals surface area contributed by atoms with E-state index in [-0.39, 0.29) is 0 Å². The standard InChI is InChI=1S/C11H16N2/c1-8(2)9-4-6-12-11-10(9)5-7-13(11)3/h4,6,8H,5,7H2,1-3H3. The van der Waals surface area contributed by atoms with Crippen LogP contribution in [-0.4, -0.2) is 18.6 Å². The predicted octanol–water partition coefficient (Wildman–Crippen LogP) is 2.20. The molecule has 0 saturated carbocycles. The van der Waals surface area contributed by atoms with Crippen LogP contribution in [0.25, 0.3) is 0 Å². The molecule has 2 rings (SSSR count).